The molecule has 2 heterocycles. The van der Waals surface area contributed by atoms with Gasteiger partial charge in [0, 0.05) is 44.5 Å². The van der Waals surface area contributed by atoms with E-state index in [0.29, 0.717) is 6.04 Å². The van der Waals surface area contributed by atoms with Crippen LogP contribution in [0.1, 0.15) is 19.2 Å². The van der Waals surface area contributed by atoms with E-state index in [-0.39, 0.29) is 6.10 Å². The Balaban J connectivity index is 1.99. The van der Waals surface area contributed by atoms with E-state index in [1.165, 1.54) is 0 Å². The Morgan fingerprint density at radius 3 is 3.11 bits per heavy atom. The average Bonchev–Trinajstić information content (AvgIpc) is 2.84. The maximum Gasteiger partial charge on any atom is 0.110 e. The van der Waals surface area contributed by atoms with Crippen molar-refractivity contribution in [1.29, 1.82) is 0 Å². The van der Waals surface area contributed by atoms with E-state index in [4.69, 9.17) is 4.74 Å². The summed E-state index contributed by atoms with van der Waals surface area (Å²) >= 11 is 0. The van der Waals surface area contributed by atoms with Gasteiger partial charge in [-0.15, -0.1) is 0 Å². The molecule has 1 aromatic rings. The molecule has 5 nitrogen and oxygen atoms in total. The van der Waals surface area contributed by atoms with Crippen LogP contribution >= 0.6 is 0 Å². The Morgan fingerprint density at radius 1 is 1.58 bits per heavy atom. The van der Waals surface area contributed by atoms with Crippen molar-refractivity contribution in [1.82, 2.24) is 19.8 Å². The number of nitrogens with one attached hydrogen (secondary N) is 1. The lowest BCUT2D eigenvalue weighted by atomic mass is 10.1. The van der Waals surface area contributed by atoms with Crippen LogP contribution in [0.25, 0.3) is 0 Å². The average molecular weight is 266 g/mol. The number of aryl methyl sites for hydroxylation is 1. The molecule has 0 bridgehead atoms. The lowest BCUT2D eigenvalue weighted by Crippen LogP contribution is -2.51. The molecule has 1 fully saturated rings. The number of aromatic nitrogens is 2. The summed E-state index contributed by atoms with van der Waals surface area (Å²) in [5.74, 6) is 1.15. The molecule has 0 amide bonds. The topological polar surface area (TPSA) is 42.3 Å². The van der Waals surface area contributed by atoms with Gasteiger partial charge in [-0.3, -0.25) is 0 Å². The largest absolute Gasteiger partial charge is 0.374 e. The van der Waals surface area contributed by atoms with Crippen molar-refractivity contribution in [2.24, 2.45) is 0 Å². The van der Waals surface area contributed by atoms with Gasteiger partial charge in [-0.25, -0.2) is 4.98 Å². The number of likely N-dealkylation sites (N-methyl/N-ethyl adjacent to an activating group) is 2. The molecule has 0 radical (unpaired) electrons. The maximum atomic E-state index is 5.91. The molecule has 2 unspecified atom stereocenters. The van der Waals surface area contributed by atoms with Gasteiger partial charge >= 0.3 is 0 Å². The van der Waals surface area contributed by atoms with Crippen LogP contribution < -0.4 is 5.32 Å². The number of rotatable bonds is 6. The molecule has 108 valence electrons. The van der Waals surface area contributed by atoms with Crippen molar-refractivity contribution >= 4 is 0 Å². The van der Waals surface area contributed by atoms with E-state index in [0.717, 1.165) is 44.9 Å². The Morgan fingerprint density at radius 2 is 2.42 bits per heavy atom. The summed E-state index contributed by atoms with van der Waals surface area (Å²) in [6.07, 6.45) is 6.26. The van der Waals surface area contributed by atoms with E-state index in [1.54, 1.807) is 0 Å². The highest BCUT2D eigenvalue weighted by Crippen LogP contribution is 2.12. The van der Waals surface area contributed by atoms with Crippen LogP contribution in [0.5, 0.6) is 0 Å². The fourth-order valence-corrected chi connectivity index (χ4v) is 2.65. The third-order valence-electron chi connectivity index (χ3n) is 3.78. The second kappa shape index (κ2) is 7.03. The summed E-state index contributed by atoms with van der Waals surface area (Å²) in [5.41, 5.74) is 0. The number of morpholine rings is 1. The number of hydrogen-bond donors (Lipinski definition) is 1. The second-order valence-electron chi connectivity index (χ2n) is 5.31. The highest BCUT2D eigenvalue weighted by molar-refractivity contribution is 4.98. The summed E-state index contributed by atoms with van der Waals surface area (Å²) in [4.78, 5) is 6.82. The van der Waals surface area contributed by atoms with E-state index >= 15 is 0 Å². The van der Waals surface area contributed by atoms with Gasteiger partial charge in [0.05, 0.1) is 12.7 Å². The smallest absolute Gasteiger partial charge is 0.110 e. The Kier molecular flexibility index (Phi) is 5.36. The van der Waals surface area contributed by atoms with Crippen LogP contribution in [0.15, 0.2) is 12.4 Å². The monoisotopic (exact) mass is 266 g/mol. The van der Waals surface area contributed by atoms with Crippen LogP contribution in [0.3, 0.4) is 0 Å². The molecule has 0 saturated carbocycles. The standard InChI is InChI=1S/C14H26N4O/c1-4-6-18-7-5-16-14(18)10-12(15-2)13-11-17(3)8-9-19-13/h5,7,12-13,15H,4,6,8-11H2,1-3H3. The van der Waals surface area contributed by atoms with Crippen molar-refractivity contribution in [2.45, 2.75) is 38.5 Å². The lowest BCUT2D eigenvalue weighted by molar-refractivity contribution is -0.0376. The number of nitrogens with zero attached hydrogens (tertiary/aromatic N) is 3. The highest BCUT2D eigenvalue weighted by atomic mass is 16.5. The van der Waals surface area contributed by atoms with Gasteiger partial charge in [-0.1, -0.05) is 6.92 Å². The van der Waals surface area contributed by atoms with Crippen molar-refractivity contribution in [3.8, 4) is 0 Å². The van der Waals surface area contributed by atoms with Crippen molar-refractivity contribution in [2.75, 3.05) is 33.8 Å². The summed E-state index contributed by atoms with van der Waals surface area (Å²) in [6.45, 7) is 6.07. The molecule has 1 N–H and O–H groups in total. The van der Waals surface area contributed by atoms with Crippen LogP contribution in [-0.4, -0.2) is 60.4 Å². The van der Waals surface area contributed by atoms with E-state index in [2.05, 4.69) is 39.9 Å². The predicted octanol–water partition coefficient (Wildman–Crippen LogP) is 0.754. The molecular weight excluding hydrogens is 240 g/mol. The van der Waals surface area contributed by atoms with Crippen molar-refractivity contribution in [3.63, 3.8) is 0 Å². The number of ether oxygens (including phenoxy) is 1. The van der Waals surface area contributed by atoms with Gasteiger partial charge in [-0.2, -0.15) is 0 Å². The van der Waals surface area contributed by atoms with Gasteiger partial charge in [-0.05, 0) is 20.5 Å². The van der Waals surface area contributed by atoms with Crippen molar-refractivity contribution < 1.29 is 4.74 Å². The highest BCUT2D eigenvalue weighted by Gasteiger charge is 2.26. The zero-order valence-corrected chi connectivity index (χ0v) is 12.3. The quantitative estimate of drug-likeness (QED) is 0.825. The molecule has 0 spiro atoms. The first-order valence-electron chi connectivity index (χ1n) is 7.22. The zero-order chi connectivity index (χ0) is 13.7. The predicted molar refractivity (Wildman–Crippen MR) is 76.3 cm³/mol. The van der Waals surface area contributed by atoms with Gasteiger partial charge in [0.2, 0.25) is 0 Å². The van der Waals surface area contributed by atoms with Crippen LogP contribution in [0.4, 0.5) is 0 Å². The molecule has 19 heavy (non-hydrogen) atoms. The third-order valence-corrected chi connectivity index (χ3v) is 3.78. The van der Waals surface area contributed by atoms with E-state index in [1.807, 2.05) is 13.2 Å². The molecule has 2 rings (SSSR count). The first-order valence-corrected chi connectivity index (χ1v) is 7.22. The molecule has 0 aromatic carbocycles. The van der Waals surface area contributed by atoms with Crippen molar-refractivity contribution in [3.05, 3.63) is 18.2 Å². The first kappa shape index (κ1) is 14.5. The molecule has 5 heteroatoms. The minimum absolute atomic E-state index is 0.246. The van der Waals surface area contributed by atoms with Gasteiger partial charge in [0.15, 0.2) is 0 Å². The second-order valence-corrected chi connectivity index (χ2v) is 5.31. The summed E-state index contributed by atoms with van der Waals surface area (Å²) in [5, 5.41) is 3.39. The summed E-state index contributed by atoms with van der Waals surface area (Å²) in [7, 11) is 4.16. The summed E-state index contributed by atoms with van der Waals surface area (Å²) < 4.78 is 8.16. The van der Waals surface area contributed by atoms with E-state index < -0.39 is 0 Å². The molecule has 2 atom stereocenters. The molecule has 0 aliphatic carbocycles. The third kappa shape index (κ3) is 3.78. The first-order chi connectivity index (χ1) is 9.24. The van der Waals surface area contributed by atoms with E-state index in [9.17, 15) is 0 Å². The Labute approximate surface area is 116 Å². The molecule has 1 saturated heterocycles. The number of hydrogen-bond acceptors (Lipinski definition) is 4. The normalized spacial score (nSPS) is 22.6. The Bertz CT molecular complexity index is 379. The fraction of sp³-hybridized carbons (Fsp3) is 0.786. The molecule has 1 aliphatic heterocycles. The Hall–Kier alpha value is -0.910. The van der Waals surface area contributed by atoms with Crippen LogP contribution in [-0.2, 0) is 17.7 Å². The van der Waals surface area contributed by atoms with Gasteiger partial charge < -0.3 is 19.5 Å². The SMILES string of the molecule is CCCn1ccnc1CC(NC)C1CN(C)CCO1. The lowest BCUT2D eigenvalue weighted by Gasteiger charge is -2.35. The van der Waals surface area contributed by atoms with Gasteiger partial charge in [0.1, 0.15) is 5.82 Å². The number of imidazole rings is 1. The fourth-order valence-electron chi connectivity index (χ4n) is 2.65. The summed E-state index contributed by atoms with van der Waals surface area (Å²) in [6, 6.07) is 0.320. The van der Waals surface area contributed by atoms with Gasteiger partial charge in [0.25, 0.3) is 0 Å². The minimum Gasteiger partial charge on any atom is -0.374 e. The van der Waals surface area contributed by atoms with Crippen LogP contribution in [0.2, 0.25) is 0 Å². The maximum absolute atomic E-state index is 5.91. The minimum atomic E-state index is 0.246. The molecular formula is C14H26N4O. The molecule has 1 aliphatic rings. The zero-order valence-electron chi connectivity index (χ0n) is 12.3. The molecule has 1 aromatic heterocycles. The van der Waals surface area contributed by atoms with Crippen LogP contribution in [0, 0.1) is 0 Å².